The fraction of sp³-hybridized carbons (Fsp3) is 0.133. The number of nitriles is 1. The third kappa shape index (κ3) is 3.66. The van der Waals surface area contributed by atoms with Crippen molar-refractivity contribution in [1.29, 1.82) is 5.26 Å². The molecule has 0 bridgehead atoms. The maximum absolute atomic E-state index is 12.4. The summed E-state index contributed by atoms with van der Waals surface area (Å²) in [5, 5.41) is 8.97. The fourth-order valence-corrected chi connectivity index (χ4v) is 1.86. The van der Waals surface area contributed by atoms with Crippen molar-refractivity contribution in [3.63, 3.8) is 0 Å². The molecule has 0 amide bonds. The third-order valence-electron chi connectivity index (χ3n) is 2.70. The highest BCUT2D eigenvalue weighted by atomic mass is 19.4. The molecule has 2 aromatic rings. The minimum Gasteiger partial charge on any atom is -0.497 e. The number of ether oxygens (including phenoxy) is 2. The molecule has 0 atom stereocenters. The highest BCUT2D eigenvalue weighted by Crippen LogP contribution is 2.35. The number of methoxy groups -OCH3 is 1. The Hall–Kier alpha value is -2.68. The zero-order chi connectivity index (χ0) is 15.5. The molecule has 0 N–H and O–H groups in total. The molecule has 3 nitrogen and oxygen atoms in total. The molecule has 0 aliphatic rings. The van der Waals surface area contributed by atoms with Gasteiger partial charge < -0.3 is 9.47 Å². The molecule has 21 heavy (non-hydrogen) atoms. The third-order valence-corrected chi connectivity index (χ3v) is 2.70. The lowest BCUT2D eigenvalue weighted by Gasteiger charge is -2.14. The van der Waals surface area contributed by atoms with Gasteiger partial charge in [-0.3, -0.25) is 0 Å². The Labute approximate surface area is 119 Å². The zero-order valence-electron chi connectivity index (χ0n) is 10.9. The van der Waals surface area contributed by atoms with Gasteiger partial charge in [-0.1, -0.05) is 18.2 Å². The van der Waals surface area contributed by atoms with Crippen LogP contribution in [0.4, 0.5) is 13.2 Å². The Bertz CT molecular complexity index is 690. The Morgan fingerprint density at radius 2 is 1.81 bits per heavy atom. The first-order valence-electron chi connectivity index (χ1n) is 5.87. The first-order chi connectivity index (χ1) is 9.93. The van der Waals surface area contributed by atoms with Crippen molar-refractivity contribution in [2.24, 2.45) is 0 Å². The molecule has 0 saturated carbocycles. The fourth-order valence-electron chi connectivity index (χ4n) is 1.86. The van der Waals surface area contributed by atoms with Gasteiger partial charge in [-0.15, -0.1) is 13.2 Å². The lowest BCUT2D eigenvalue weighted by molar-refractivity contribution is -0.274. The number of hydrogen-bond acceptors (Lipinski definition) is 3. The Kier molecular flexibility index (Phi) is 4.03. The van der Waals surface area contributed by atoms with Gasteiger partial charge in [-0.2, -0.15) is 5.26 Å². The highest BCUT2D eigenvalue weighted by molar-refractivity contribution is 5.73. The summed E-state index contributed by atoms with van der Waals surface area (Å²) in [6.07, 6.45) is -4.78. The molecule has 2 rings (SSSR count). The van der Waals surface area contributed by atoms with E-state index in [9.17, 15) is 13.2 Å². The van der Waals surface area contributed by atoms with Crippen LogP contribution in [0.25, 0.3) is 11.1 Å². The quantitative estimate of drug-likeness (QED) is 0.854. The van der Waals surface area contributed by atoms with Crippen molar-refractivity contribution in [2.75, 3.05) is 7.11 Å². The monoisotopic (exact) mass is 293 g/mol. The molecule has 0 aromatic heterocycles. The predicted molar refractivity (Wildman–Crippen MR) is 69.8 cm³/mol. The molecule has 0 saturated heterocycles. The first-order valence-corrected chi connectivity index (χ1v) is 5.87. The summed E-state index contributed by atoms with van der Waals surface area (Å²) in [7, 11) is 1.42. The second-order valence-corrected chi connectivity index (χ2v) is 4.11. The number of halogens is 3. The van der Waals surface area contributed by atoms with E-state index in [1.807, 2.05) is 6.07 Å². The summed E-state index contributed by atoms with van der Waals surface area (Å²) < 4.78 is 46.3. The Morgan fingerprint density at radius 1 is 1.10 bits per heavy atom. The van der Waals surface area contributed by atoms with E-state index in [0.717, 1.165) is 0 Å². The lowest BCUT2D eigenvalue weighted by Crippen LogP contribution is -2.17. The van der Waals surface area contributed by atoms with E-state index in [-0.39, 0.29) is 16.9 Å². The van der Waals surface area contributed by atoms with Gasteiger partial charge in [0.15, 0.2) is 0 Å². The molecular weight excluding hydrogens is 283 g/mol. The Balaban J connectivity index is 2.54. The van der Waals surface area contributed by atoms with Gasteiger partial charge >= 0.3 is 6.36 Å². The van der Waals surface area contributed by atoms with Gasteiger partial charge in [-0.05, 0) is 29.8 Å². The normalized spacial score (nSPS) is 10.8. The predicted octanol–water partition coefficient (Wildman–Crippen LogP) is 4.13. The van der Waals surface area contributed by atoms with Crippen molar-refractivity contribution in [3.05, 3.63) is 48.0 Å². The second-order valence-electron chi connectivity index (χ2n) is 4.11. The smallest absolute Gasteiger partial charge is 0.497 e. The average Bonchev–Trinajstić information content (AvgIpc) is 2.45. The minimum atomic E-state index is -4.78. The Morgan fingerprint density at radius 3 is 2.43 bits per heavy atom. The largest absolute Gasteiger partial charge is 0.573 e. The van der Waals surface area contributed by atoms with Gasteiger partial charge in [0.05, 0.1) is 18.7 Å². The van der Waals surface area contributed by atoms with E-state index in [1.54, 1.807) is 12.1 Å². The topological polar surface area (TPSA) is 42.2 Å². The number of alkyl halides is 3. The number of nitrogens with zero attached hydrogens (tertiary/aromatic N) is 1. The number of rotatable bonds is 3. The summed E-state index contributed by atoms with van der Waals surface area (Å²) >= 11 is 0. The minimum absolute atomic E-state index is 0.227. The molecule has 6 heteroatoms. The van der Waals surface area contributed by atoms with Gasteiger partial charge in [-0.25, -0.2) is 0 Å². The van der Waals surface area contributed by atoms with Crippen LogP contribution in [0.2, 0.25) is 0 Å². The summed E-state index contributed by atoms with van der Waals surface area (Å²) in [5.41, 5.74) is 0.919. The van der Waals surface area contributed by atoms with Crippen molar-refractivity contribution < 1.29 is 22.6 Å². The van der Waals surface area contributed by atoms with Crippen LogP contribution in [0, 0.1) is 11.3 Å². The maximum Gasteiger partial charge on any atom is 0.573 e. The van der Waals surface area contributed by atoms with E-state index in [1.165, 1.54) is 37.4 Å². The van der Waals surface area contributed by atoms with Crippen LogP contribution < -0.4 is 9.47 Å². The van der Waals surface area contributed by atoms with E-state index in [0.29, 0.717) is 11.3 Å². The second kappa shape index (κ2) is 5.75. The summed E-state index contributed by atoms with van der Waals surface area (Å²) in [6.45, 7) is 0. The molecular formula is C15H10F3NO2. The van der Waals surface area contributed by atoms with Gasteiger partial charge in [0, 0.05) is 5.56 Å². The van der Waals surface area contributed by atoms with Crippen LogP contribution in [0.1, 0.15) is 5.56 Å². The highest BCUT2D eigenvalue weighted by Gasteiger charge is 2.32. The van der Waals surface area contributed by atoms with Gasteiger partial charge in [0.1, 0.15) is 11.5 Å². The van der Waals surface area contributed by atoms with Gasteiger partial charge in [0.2, 0.25) is 0 Å². The van der Waals surface area contributed by atoms with Crippen LogP contribution in [-0.2, 0) is 0 Å². The zero-order valence-corrected chi connectivity index (χ0v) is 10.9. The molecule has 2 aromatic carbocycles. The maximum atomic E-state index is 12.4. The van der Waals surface area contributed by atoms with E-state index in [4.69, 9.17) is 10.00 Å². The summed E-state index contributed by atoms with van der Waals surface area (Å²) in [5.74, 6) is 0.0491. The lowest BCUT2D eigenvalue weighted by atomic mass is 10.0. The van der Waals surface area contributed by atoms with Crippen LogP contribution in [0.15, 0.2) is 42.5 Å². The SMILES string of the molecule is COc1cc(C#N)cc(-c2ccccc2OC(F)(F)F)c1. The van der Waals surface area contributed by atoms with Crippen molar-refractivity contribution >= 4 is 0 Å². The number of benzene rings is 2. The number of para-hydroxylation sites is 1. The van der Waals surface area contributed by atoms with Crippen molar-refractivity contribution in [1.82, 2.24) is 0 Å². The molecule has 108 valence electrons. The molecule has 0 spiro atoms. The van der Waals surface area contributed by atoms with Crippen LogP contribution in [0.5, 0.6) is 11.5 Å². The van der Waals surface area contributed by atoms with E-state index < -0.39 is 6.36 Å². The van der Waals surface area contributed by atoms with Crippen molar-refractivity contribution in [3.8, 4) is 28.7 Å². The van der Waals surface area contributed by atoms with E-state index >= 15 is 0 Å². The van der Waals surface area contributed by atoms with Crippen LogP contribution in [0.3, 0.4) is 0 Å². The van der Waals surface area contributed by atoms with Crippen LogP contribution in [-0.4, -0.2) is 13.5 Å². The first kappa shape index (κ1) is 14.7. The van der Waals surface area contributed by atoms with Crippen molar-refractivity contribution in [2.45, 2.75) is 6.36 Å². The van der Waals surface area contributed by atoms with Crippen LogP contribution >= 0.6 is 0 Å². The molecule has 0 aliphatic heterocycles. The van der Waals surface area contributed by atoms with E-state index in [2.05, 4.69) is 4.74 Å². The molecule has 0 fully saturated rings. The molecule has 0 radical (unpaired) electrons. The molecule has 0 unspecified atom stereocenters. The standard InChI is InChI=1S/C15H10F3NO2/c1-20-12-7-10(9-19)6-11(8-12)13-4-2-3-5-14(13)21-15(16,17)18/h2-8H,1H3. The summed E-state index contributed by atoms with van der Waals surface area (Å²) in [4.78, 5) is 0. The number of hydrogen-bond donors (Lipinski definition) is 0. The van der Waals surface area contributed by atoms with Gasteiger partial charge in [0.25, 0.3) is 0 Å². The average molecular weight is 293 g/mol. The molecule has 0 heterocycles. The molecule has 0 aliphatic carbocycles. The summed E-state index contributed by atoms with van der Waals surface area (Å²) in [6, 6.07) is 12.2.